The monoisotopic (exact) mass is 294 g/mol. The molecule has 7 heteroatoms. The fourth-order valence-electron chi connectivity index (χ4n) is 1.63. The Morgan fingerprint density at radius 3 is 2.24 bits per heavy atom. The van der Waals surface area contributed by atoms with Crippen LogP contribution < -0.4 is 10.6 Å². The maximum Gasteiger partial charge on any atom is 0.254 e. The molecule has 0 unspecified atom stereocenters. The van der Waals surface area contributed by atoms with Crippen molar-refractivity contribution in [2.24, 2.45) is 0 Å². The predicted octanol–water partition coefficient (Wildman–Crippen LogP) is 0.132. The number of carbonyl (C=O) groups is 1. The second-order valence-corrected chi connectivity index (χ2v) is 5.44. The van der Waals surface area contributed by atoms with Crippen molar-refractivity contribution >= 4 is 11.9 Å². The highest BCUT2D eigenvalue weighted by atomic mass is 16.1. The molecular formula is C14H26N6O. The number of hydrogen-bond acceptors (Lipinski definition) is 6. The molecule has 1 aromatic heterocycles. The molecule has 0 aliphatic heterocycles. The molecule has 0 aliphatic carbocycles. The van der Waals surface area contributed by atoms with Crippen LogP contribution in [0.1, 0.15) is 16.8 Å². The number of hydrogen-bond donors (Lipinski definition) is 2. The van der Waals surface area contributed by atoms with E-state index in [2.05, 4.69) is 25.5 Å². The van der Waals surface area contributed by atoms with Gasteiger partial charge in [0.2, 0.25) is 5.95 Å². The summed E-state index contributed by atoms with van der Waals surface area (Å²) in [5.74, 6) is 0.412. The van der Waals surface area contributed by atoms with Crippen molar-refractivity contribution in [3.05, 3.63) is 18.0 Å². The Morgan fingerprint density at radius 1 is 1.05 bits per heavy atom. The van der Waals surface area contributed by atoms with Gasteiger partial charge in [-0.05, 0) is 41.2 Å². The summed E-state index contributed by atoms with van der Waals surface area (Å²) in [6, 6.07) is 0. The van der Waals surface area contributed by atoms with Gasteiger partial charge in [-0.3, -0.25) is 4.79 Å². The third kappa shape index (κ3) is 7.57. The molecule has 0 fully saturated rings. The Morgan fingerprint density at radius 2 is 1.67 bits per heavy atom. The molecular weight excluding hydrogens is 268 g/mol. The highest BCUT2D eigenvalue weighted by molar-refractivity contribution is 5.93. The maximum atomic E-state index is 11.8. The van der Waals surface area contributed by atoms with Crippen LogP contribution in [0.15, 0.2) is 12.4 Å². The van der Waals surface area contributed by atoms with E-state index in [9.17, 15) is 4.79 Å². The fraction of sp³-hybridized carbons (Fsp3) is 0.643. The minimum atomic E-state index is -0.143. The lowest BCUT2D eigenvalue weighted by Crippen LogP contribution is -2.31. The lowest BCUT2D eigenvalue weighted by atomic mass is 10.3. The summed E-state index contributed by atoms with van der Waals surface area (Å²) >= 11 is 0. The Labute approximate surface area is 126 Å². The molecule has 0 saturated carbocycles. The minimum absolute atomic E-state index is 0.143. The van der Waals surface area contributed by atoms with E-state index in [0.717, 1.165) is 26.1 Å². The molecule has 1 rings (SSSR count). The molecule has 1 aromatic rings. The van der Waals surface area contributed by atoms with E-state index in [0.29, 0.717) is 18.1 Å². The summed E-state index contributed by atoms with van der Waals surface area (Å²) in [6.07, 6.45) is 4.11. The standard InChI is InChI=1S/C14H26N6O/c1-19(2)8-5-6-16-14-17-10-12(11-18-14)13(21)15-7-9-20(3)4/h10-11H,5-9H2,1-4H3,(H,15,21)(H,16,17,18). The molecule has 7 nitrogen and oxygen atoms in total. The molecule has 0 aromatic carbocycles. The van der Waals surface area contributed by atoms with E-state index in [4.69, 9.17) is 0 Å². The van der Waals surface area contributed by atoms with E-state index in [1.54, 1.807) is 12.4 Å². The summed E-state index contributed by atoms with van der Waals surface area (Å²) in [7, 11) is 8.01. The minimum Gasteiger partial charge on any atom is -0.354 e. The number of nitrogens with zero attached hydrogens (tertiary/aromatic N) is 4. The summed E-state index contributed by atoms with van der Waals surface area (Å²) < 4.78 is 0. The second-order valence-electron chi connectivity index (χ2n) is 5.44. The zero-order chi connectivity index (χ0) is 15.7. The number of likely N-dealkylation sites (N-methyl/N-ethyl adjacent to an activating group) is 1. The van der Waals surface area contributed by atoms with Crippen molar-refractivity contribution < 1.29 is 4.79 Å². The van der Waals surface area contributed by atoms with Gasteiger partial charge in [0.1, 0.15) is 0 Å². The predicted molar refractivity (Wildman–Crippen MR) is 84.6 cm³/mol. The zero-order valence-electron chi connectivity index (χ0n) is 13.4. The summed E-state index contributed by atoms with van der Waals surface area (Å²) in [4.78, 5) is 24.3. The summed E-state index contributed by atoms with van der Waals surface area (Å²) in [6.45, 7) is 3.24. The van der Waals surface area contributed by atoms with Gasteiger partial charge in [-0.1, -0.05) is 0 Å². The summed E-state index contributed by atoms with van der Waals surface area (Å²) in [5.41, 5.74) is 0.479. The van der Waals surface area contributed by atoms with Crippen LogP contribution in [0.3, 0.4) is 0 Å². The van der Waals surface area contributed by atoms with Crippen molar-refractivity contribution in [1.82, 2.24) is 25.1 Å². The van der Waals surface area contributed by atoms with Crippen molar-refractivity contribution in [3.8, 4) is 0 Å². The normalized spacial score (nSPS) is 11.0. The third-order valence-electron chi connectivity index (χ3n) is 2.82. The number of carbonyl (C=O) groups excluding carboxylic acids is 1. The largest absolute Gasteiger partial charge is 0.354 e. The van der Waals surface area contributed by atoms with Crippen LogP contribution in [0.2, 0.25) is 0 Å². The third-order valence-corrected chi connectivity index (χ3v) is 2.82. The smallest absolute Gasteiger partial charge is 0.254 e. The number of aromatic nitrogens is 2. The first-order chi connectivity index (χ1) is 9.99. The zero-order valence-corrected chi connectivity index (χ0v) is 13.4. The lowest BCUT2D eigenvalue weighted by Gasteiger charge is -2.11. The van der Waals surface area contributed by atoms with Crippen LogP contribution in [0.4, 0.5) is 5.95 Å². The highest BCUT2D eigenvalue weighted by Crippen LogP contribution is 2.00. The maximum absolute atomic E-state index is 11.8. The molecule has 118 valence electrons. The van der Waals surface area contributed by atoms with Gasteiger partial charge in [0.05, 0.1) is 5.56 Å². The quantitative estimate of drug-likeness (QED) is 0.631. The lowest BCUT2D eigenvalue weighted by molar-refractivity contribution is 0.0950. The van der Waals surface area contributed by atoms with Gasteiger partial charge in [0, 0.05) is 32.0 Å². The van der Waals surface area contributed by atoms with E-state index in [1.807, 2.05) is 33.1 Å². The molecule has 0 bridgehead atoms. The first-order valence-electron chi connectivity index (χ1n) is 7.12. The SMILES string of the molecule is CN(C)CCCNc1ncc(C(=O)NCCN(C)C)cn1. The molecule has 0 atom stereocenters. The Bertz CT molecular complexity index is 418. The molecule has 21 heavy (non-hydrogen) atoms. The van der Waals surface area contributed by atoms with Crippen LogP contribution in [0.25, 0.3) is 0 Å². The topological polar surface area (TPSA) is 73.4 Å². The van der Waals surface area contributed by atoms with Gasteiger partial charge in [-0.15, -0.1) is 0 Å². The van der Waals surface area contributed by atoms with Crippen molar-refractivity contribution in [1.29, 1.82) is 0 Å². The molecule has 0 radical (unpaired) electrons. The number of nitrogens with one attached hydrogen (secondary N) is 2. The summed E-state index contributed by atoms with van der Waals surface area (Å²) in [5, 5.41) is 5.96. The van der Waals surface area contributed by atoms with Gasteiger partial charge in [-0.25, -0.2) is 9.97 Å². The van der Waals surface area contributed by atoms with Gasteiger partial charge in [0.15, 0.2) is 0 Å². The van der Waals surface area contributed by atoms with E-state index < -0.39 is 0 Å². The molecule has 0 saturated heterocycles. The number of anilines is 1. The van der Waals surface area contributed by atoms with Crippen molar-refractivity contribution in [2.45, 2.75) is 6.42 Å². The van der Waals surface area contributed by atoms with Gasteiger partial charge in [-0.2, -0.15) is 0 Å². The van der Waals surface area contributed by atoms with Crippen LogP contribution in [-0.4, -0.2) is 80.0 Å². The highest BCUT2D eigenvalue weighted by Gasteiger charge is 2.06. The Hall–Kier alpha value is -1.73. The van der Waals surface area contributed by atoms with Gasteiger partial charge < -0.3 is 20.4 Å². The van der Waals surface area contributed by atoms with Crippen molar-refractivity contribution in [2.75, 3.05) is 59.7 Å². The van der Waals surface area contributed by atoms with E-state index >= 15 is 0 Å². The average Bonchev–Trinajstić information content (AvgIpc) is 2.43. The van der Waals surface area contributed by atoms with Crippen LogP contribution in [-0.2, 0) is 0 Å². The van der Waals surface area contributed by atoms with Crippen LogP contribution in [0, 0.1) is 0 Å². The Kier molecular flexibility index (Phi) is 7.63. The average molecular weight is 294 g/mol. The molecule has 1 heterocycles. The first-order valence-corrected chi connectivity index (χ1v) is 7.12. The molecule has 1 amide bonds. The molecule has 0 spiro atoms. The Balaban J connectivity index is 2.34. The second kappa shape index (κ2) is 9.25. The number of amides is 1. The van der Waals surface area contributed by atoms with Gasteiger partial charge >= 0.3 is 0 Å². The van der Waals surface area contributed by atoms with Gasteiger partial charge in [0.25, 0.3) is 5.91 Å². The van der Waals surface area contributed by atoms with E-state index in [-0.39, 0.29) is 5.91 Å². The molecule has 0 aliphatic rings. The first kappa shape index (κ1) is 17.3. The fourth-order valence-corrected chi connectivity index (χ4v) is 1.63. The van der Waals surface area contributed by atoms with Crippen LogP contribution in [0.5, 0.6) is 0 Å². The van der Waals surface area contributed by atoms with Crippen LogP contribution >= 0.6 is 0 Å². The molecule has 2 N–H and O–H groups in total. The van der Waals surface area contributed by atoms with E-state index in [1.165, 1.54) is 0 Å². The van der Waals surface area contributed by atoms with Crippen molar-refractivity contribution in [3.63, 3.8) is 0 Å². The number of rotatable bonds is 9.